The molecular weight excluding hydrogens is 401 g/mol. The van der Waals surface area contributed by atoms with Crippen LogP contribution >= 0.6 is 11.6 Å². The Morgan fingerprint density at radius 3 is 2.64 bits per heavy atom. The molecule has 1 heterocycles. The zero-order chi connectivity index (χ0) is 20.5. The van der Waals surface area contributed by atoms with E-state index in [4.69, 9.17) is 11.6 Å². The Hall–Kier alpha value is -2.62. The Bertz CT molecular complexity index is 910. The smallest absolute Gasteiger partial charge is 0.352 e. The molecule has 0 unspecified atom stereocenters. The molecule has 1 amide bonds. The van der Waals surface area contributed by atoms with Crippen molar-refractivity contribution in [1.82, 2.24) is 15.1 Å². The van der Waals surface area contributed by atoms with E-state index in [9.17, 15) is 28.1 Å². The summed E-state index contributed by atoms with van der Waals surface area (Å²) in [6.07, 6.45) is -2.82. The molecule has 0 saturated heterocycles. The summed E-state index contributed by atoms with van der Waals surface area (Å²) in [4.78, 5) is 22.5. The molecule has 0 atom stereocenters. The number of nitrogens with zero attached hydrogens (tertiary/aromatic N) is 3. The first kappa shape index (κ1) is 20.1. The van der Waals surface area contributed by atoms with Gasteiger partial charge in [-0.05, 0) is 25.3 Å². The number of hydrogen-bond donors (Lipinski definition) is 1. The van der Waals surface area contributed by atoms with Gasteiger partial charge in [0.1, 0.15) is 5.56 Å². The summed E-state index contributed by atoms with van der Waals surface area (Å²) in [7, 11) is 0. The van der Waals surface area contributed by atoms with E-state index < -0.39 is 22.7 Å². The maximum atomic E-state index is 13.0. The van der Waals surface area contributed by atoms with E-state index in [1.54, 1.807) is 0 Å². The molecule has 11 heteroatoms. The second kappa shape index (κ2) is 7.78. The van der Waals surface area contributed by atoms with Crippen molar-refractivity contribution in [1.29, 1.82) is 0 Å². The first-order valence-electron chi connectivity index (χ1n) is 8.55. The summed E-state index contributed by atoms with van der Waals surface area (Å²) in [6, 6.07) is 5.52. The molecule has 1 aromatic carbocycles. The highest BCUT2D eigenvalue weighted by Crippen LogP contribution is 2.46. The first-order chi connectivity index (χ1) is 13.2. The lowest BCUT2D eigenvalue weighted by Crippen LogP contribution is -2.26. The standard InChI is InChI=1S/C17H16ClF3N4O3/c18-13-14(10-6-7-10)24(23-15(13)17(19,20)21)9-3-8-22-16(26)11-4-1-2-5-12(11)25(27)28/h1-2,4-5,10H,3,6-9H2,(H,22,26). The summed E-state index contributed by atoms with van der Waals surface area (Å²) < 4.78 is 40.4. The number of aromatic nitrogens is 2. The number of carbonyl (C=O) groups is 1. The van der Waals surface area contributed by atoms with Crippen LogP contribution in [0.3, 0.4) is 0 Å². The number of nitrogens with one attached hydrogen (secondary N) is 1. The molecule has 0 radical (unpaired) electrons. The molecule has 28 heavy (non-hydrogen) atoms. The lowest BCUT2D eigenvalue weighted by Gasteiger charge is -2.08. The van der Waals surface area contributed by atoms with Crippen LogP contribution in [0.15, 0.2) is 24.3 Å². The second-order valence-corrected chi connectivity index (χ2v) is 6.80. The summed E-state index contributed by atoms with van der Waals surface area (Å²) >= 11 is 5.90. The van der Waals surface area contributed by atoms with Crippen LogP contribution in [0.1, 0.15) is 46.9 Å². The van der Waals surface area contributed by atoms with Gasteiger partial charge in [0.15, 0.2) is 5.69 Å². The third-order valence-corrected chi connectivity index (χ3v) is 4.71. The van der Waals surface area contributed by atoms with E-state index in [1.807, 2.05) is 0 Å². The molecule has 2 aromatic rings. The van der Waals surface area contributed by atoms with Gasteiger partial charge in [0.05, 0.1) is 15.6 Å². The average Bonchev–Trinajstić information content (AvgIpc) is 3.40. The minimum absolute atomic E-state index is 0.0299. The van der Waals surface area contributed by atoms with Gasteiger partial charge in [-0.15, -0.1) is 0 Å². The lowest BCUT2D eigenvalue weighted by molar-refractivity contribution is -0.385. The molecule has 0 spiro atoms. The number of benzene rings is 1. The Kier molecular flexibility index (Phi) is 5.59. The largest absolute Gasteiger partial charge is 0.436 e. The molecule has 7 nitrogen and oxygen atoms in total. The van der Waals surface area contributed by atoms with E-state index in [1.165, 1.54) is 28.9 Å². The fraction of sp³-hybridized carbons (Fsp3) is 0.412. The van der Waals surface area contributed by atoms with Gasteiger partial charge in [0, 0.05) is 25.1 Å². The number of halogens is 4. The number of rotatable bonds is 7. The zero-order valence-corrected chi connectivity index (χ0v) is 15.3. The van der Waals surface area contributed by atoms with Crippen molar-refractivity contribution in [2.45, 2.75) is 37.9 Å². The molecule has 1 aliphatic carbocycles. The van der Waals surface area contributed by atoms with Crippen LogP contribution in [0.25, 0.3) is 0 Å². The van der Waals surface area contributed by atoms with Crippen molar-refractivity contribution in [2.24, 2.45) is 0 Å². The molecular formula is C17H16ClF3N4O3. The number of amides is 1. The number of nitro groups is 1. The molecule has 3 rings (SSSR count). The van der Waals surface area contributed by atoms with Crippen LogP contribution in [-0.4, -0.2) is 27.2 Å². The third kappa shape index (κ3) is 4.27. The van der Waals surface area contributed by atoms with Crippen molar-refractivity contribution in [3.63, 3.8) is 0 Å². The summed E-state index contributed by atoms with van der Waals surface area (Å²) in [5.74, 6) is -0.651. The fourth-order valence-electron chi connectivity index (χ4n) is 2.90. The molecule has 150 valence electrons. The molecule has 1 aromatic heterocycles. The van der Waals surface area contributed by atoms with E-state index >= 15 is 0 Å². The van der Waals surface area contributed by atoms with E-state index in [-0.39, 0.29) is 35.3 Å². The van der Waals surface area contributed by atoms with Crippen molar-refractivity contribution >= 4 is 23.2 Å². The number of nitro benzene ring substituents is 1. The summed E-state index contributed by atoms with van der Waals surface area (Å²) in [6.45, 7) is 0.257. The fourth-order valence-corrected chi connectivity index (χ4v) is 3.30. The monoisotopic (exact) mass is 416 g/mol. The maximum Gasteiger partial charge on any atom is 0.436 e. The van der Waals surface area contributed by atoms with E-state index in [0.29, 0.717) is 12.1 Å². The molecule has 1 N–H and O–H groups in total. The van der Waals surface area contributed by atoms with Crippen LogP contribution in [0, 0.1) is 10.1 Å². The Balaban J connectivity index is 1.63. The van der Waals surface area contributed by atoms with Gasteiger partial charge in [0.25, 0.3) is 11.6 Å². The number of alkyl halides is 3. The van der Waals surface area contributed by atoms with Crippen molar-refractivity contribution < 1.29 is 22.9 Å². The zero-order valence-electron chi connectivity index (χ0n) is 14.5. The molecule has 0 bridgehead atoms. The number of carbonyl (C=O) groups excluding carboxylic acids is 1. The van der Waals surface area contributed by atoms with Crippen molar-refractivity contribution in [2.75, 3.05) is 6.54 Å². The molecule has 1 saturated carbocycles. The predicted molar refractivity (Wildman–Crippen MR) is 94.3 cm³/mol. The van der Waals surface area contributed by atoms with Crippen LogP contribution in [0.2, 0.25) is 5.02 Å². The number of aryl methyl sites for hydroxylation is 1. The van der Waals surface area contributed by atoms with Gasteiger partial charge in [-0.2, -0.15) is 18.3 Å². The quantitative estimate of drug-likeness (QED) is 0.417. The van der Waals surface area contributed by atoms with E-state index in [0.717, 1.165) is 12.8 Å². The highest BCUT2D eigenvalue weighted by molar-refractivity contribution is 6.32. The minimum atomic E-state index is -4.63. The van der Waals surface area contributed by atoms with Gasteiger partial charge in [0.2, 0.25) is 0 Å². The van der Waals surface area contributed by atoms with Crippen LogP contribution < -0.4 is 5.32 Å². The Labute approximate surface area is 162 Å². The average molecular weight is 417 g/mol. The highest BCUT2D eigenvalue weighted by atomic mass is 35.5. The SMILES string of the molecule is O=C(NCCCn1nc(C(F)(F)F)c(Cl)c1C1CC1)c1ccccc1[N+](=O)[O-]. The van der Waals surface area contributed by atoms with Crippen molar-refractivity contribution in [3.8, 4) is 0 Å². The molecule has 1 fully saturated rings. The Morgan fingerprint density at radius 2 is 2.04 bits per heavy atom. The topological polar surface area (TPSA) is 90.1 Å². The first-order valence-corrected chi connectivity index (χ1v) is 8.93. The summed E-state index contributed by atoms with van der Waals surface area (Å²) in [5, 5.41) is 16.8. The van der Waals surface area contributed by atoms with Crippen LogP contribution in [0.5, 0.6) is 0 Å². The van der Waals surface area contributed by atoms with Gasteiger partial charge in [-0.3, -0.25) is 19.6 Å². The van der Waals surface area contributed by atoms with Crippen LogP contribution in [0.4, 0.5) is 18.9 Å². The number of hydrogen-bond acceptors (Lipinski definition) is 4. The van der Waals surface area contributed by atoms with Gasteiger partial charge >= 0.3 is 6.18 Å². The van der Waals surface area contributed by atoms with Crippen molar-refractivity contribution in [3.05, 3.63) is 56.4 Å². The van der Waals surface area contributed by atoms with E-state index in [2.05, 4.69) is 10.4 Å². The van der Waals surface area contributed by atoms with Gasteiger partial charge in [-0.1, -0.05) is 23.7 Å². The molecule has 1 aliphatic rings. The predicted octanol–water partition coefficient (Wildman–Crippen LogP) is 4.16. The normalized spacial score (nSPS) is 14.1. The van der Waals surface area contributed by atoms with Gasteiger partial charge < -0.3 is 5.32 Å². The third-order valence-electron chi connectivity index (χ3n) is 4.34. The molecule has 0 aliphatic heterocycles. The maximum absolute atomic E-state index is 13.0. The second-order valence-electron chi connectivity index (χ2n) is 6.43. The highest BCUT2D eigenvalue weighted by Gasteiger charge is 2.41. The lowest BCUT2D eigenvalue weighted by atomic mass is 10.1. The Morgan fingerprint density at radius 1 is 1.36 bits per heavy atom. The minimum Gasteiger partial charge on any atom is -0.352 e. The number of para-hydroxylation sites is 1. The van der Waals surface area contributed by atoms with Gasteiger partial charge in [-0.25, -0.2) is 0 Å². The summed E-state index contributed by atoms with van der Waals surface area (Å²) in [5.41, 5.74) is -1.11. The van der Waals surface area contributed by atoms with Crippen LogP contribution in [-0.2, 0) is 12.7 Å².